The van der Waals surface area contributed by atoms with Gasteiger partial charge in [-0.05, 0) is 38.2 Å². The number of carbonyl (C=O) groups excluding carboxylic acids is 1. The monoisotopic (exact) mass is 321 g/mol. The number of aliphatic imine (C=N–C) groups is 1. The number of fused-ring (bicyclic) bond motifs is 2. The second kappa shape index (κ2) is 4.97. The Morgan fingerprint density at radius 1 is 1.17 bits per heavy atom. The van der Waals surface area contributed by atoms with Gasteiger partial charge in [-0.15, -0.1) is 0 Å². The van der Waals surface area contributed by atoms with Crippen molar-refractivity contribution in [3.05, 3.63) is 41.6 Å². The lowest BCUT2D eigenvalue weighted by atomic mass is 9.67. The van der Waals surface area contributed by atoms with Crippen LogP contribution in [0.2, 0.25) is 0 Å². The van der Waals surface area contributed by atoms with E-state index >= 15 is 0 Å². The summed E-state index contributed by atoms with van der Waals surface area (Å²) in [4.78, 5) is 17.3. The highest BCUT2D eigenvalue weighted by atomic mass is 16.3. The summed E-state index contributed by atoms with van der Waals surface area (Å²) in [6.45, 7) is 0. The number of hydrogen-bond acceptors (Lipinski definition) is 5. The fraction of sp³-hybridized carbons (Fsp3) is 0.368. The van der Waals surface area contributed by atoms with E-state index in [2.05, 4.69) is 10.6 Å². The topological polar surface area (TPSA) is 66.6 Å². The molecule has 0 saturated heterocycles. The molecule has 24 heavy (non-hydrogen) atoms. The van der Waals surface area contributed by atoms with Crippen LogP contribution >= 0.6 is 0 Å². The molecule has 5 heteroatoms. The van der Waals surface area contributed by atoms with Crippen LogP contribution in [0.25, 0.3) is 11.0 Å². The minimum atomic E-state index is -0.299. The molecule has 0 atom stereocenters. The lowest BCUT2D eigenvalue weighted by Gasteiger charge is -2.45. The Labute approximate surface area is 139 Å². The van der Waals surface area contributed by atoms with Gasteiger partial charge in [0.1, 0.15) is 5.58 Å². The van der Waals surface area contributed by atoms with Crippen LogP contribution in [0.1, 0.15) is 38.5 Å². The van der Waals surface area contributed by atoms with Crippen molar-refractivity contribution in [3.8, 4) is 0 Å². The highest BCUT2D eigenvalue weighted by Crippen LogP contribution is 2.47. The number of Topliss-reactive ketones (excluding diaryl/α,β-unsaturated/α-hetero) is 1. The summed E-state index contributed by atoms with van der Waals surface area (Å²) in [7, 11) is 0. The Balaban J connectivity index is 1.49. The van der Waals surface area contributed by atoms with Crippen LogP contribution in [0.5, 0.6) is 0 Å². The molecule has 5 nitrogen and oxygen atoms in total. The predicted molar refractivity (Wildman–Crippen MR) is 92.9 cm³/mol. The SMILES string of the molecule is O=C1CCCC2=C1C1(CCC1)N=C(Nc1cc3ccccc3o1)N2. The molecule has 2 N–H and O–H groups in total. The van der Waals surface area contributed by atoms with Crippen LogP contribution in [0.3, 0.4) is 0 Å². The van der Waals surface area contributed by atoms with Crippen LogP contribution in [-0.2, 0) is 4.79 Å². The van der Waals surface area contributed by atoms with Crippen LogP contribution in [0.15, 0.2) is 51.0 Å². The van der Waals surface area contributed by atoms with E-state index in [0.717, 1.165) is 54.3 Å². The van der Waals surface area contributed by atoms with Gasteiger partial charge in [0.25, 0.3) is 0 Å². The normalized spacial score (nSPS) is 22.0. The first-order valence-electron chi connectivity index (χ1n) is 8.63. The Hall–Kier alpha value is -2.56. The number of guanidine groups is 1. The maximum absolute atomic E-state index is 12.4. The second-order valence-electron chi connectivity index (χ2n) is 6.87. The second-order valence-corrected chi connectivity index (χ2v) is 6.87. The first-order valence-corrected chi connectivity index (χ1v) is 8.63. The molecule has 2 aromatic rings. The zero-order valence-corrected chi connectivity index (χ0v) is 13.4. The minimum absolute atomic E-state index is 0.273. The van der Waals surface area contributed by atoms with Crippen molar-refractivity contribution in [1.29, 1.82) is 0 Å². The number of ketones is 1. The van der Waals surface area contributed by atoms with E-state index in [4.69, 9.17) is 9.41 Å². The van der Waals surface area contributed by atoms with E-state index in [-0.39, 0.29) is 11.3 Å². The summed E-state index contributed by atoms with van der Waals surface area (Å²) in [5.74, 6) is 1.64. The number of anilines is 1. The van der Waals surface area contributed by atoms with Gasteiger partial charge in [-0.2, -0.15) is 0 Å². The molecule has 0 bridgehead atoms. The summed E-state index contributed by atoms with van der Waals surface area (Å²) >= 11 is 0. The number of nitrogens with one attached hydrogen (secondary N) is 2. The number of furan rings is 1. The largest absolute Gasteiger partial charge is 0.440 e. The molecular weight excluding hydrogens is 302 g/mol. The van der Waals surface area contributed by atoms with Crippen molar-refractivity contribution in [3.63, 3.8) is 0 Å². The van der Waals surface area contributed by atoms with E-state index in [1.165, 1.54) is 0 Å². The standard InChI is InChI=1S/C19H19N3O2/c23-14-7-3-6-13-17(14)19(9-4-10-19)22-18(20-13)21-16-11-12-5-1-2-8-15(12)24-16/h1-2,5,8,11H,3-4,6-7,9-10H2,(H2,20,21,22). The number of para-hydroxylation sites is 1. The summed E-state index contributed by atoms with van der Waals surface area (Å²) in [6, 6.07) is 9.90. The fourth-order valence-electron chi connectivity index (χ4n) is 4.04. The molecule has 3 aliphatic rings. The zero-order chi connectivity index (χ0) is 16.1. The summed E-state index contributed by atoms with van der Waals surface area (Å²) in [5, 5.41) is 7.67. The summed E-state index contributed by atoms with van der Waals surface area (Å²) < 4.78 is 5.83. The molecule has 0 amide bonds. The number of allylic oxidation sites excluding steroid dienone is 1. The van der Waals surface area contributed by atoms with Gasteiger partial charge in [-0.1, -0.05) is 18.2 Å². The number of rotatable bonds is 1. The van der Waals surface area contributed by atoms with E-state index in [1.807, 2.05) is 30.3 Å². The average Bonchev–Trinajstić information content (AvgIpc) is 2.95. The Morgan fingerprint density at radius 3 is 2.83 bits per heavy atom. The maximum Gasteiger partial charge on any atom is 0.203 e. The highest BCUT2D eigenvalue weighted by molar-refractivity contribution is 6.04. The molecular formula is C19H19N3O2. The third-order valence-corrected chi connectivity index (χ3v) is 5.32. The molecule has 122 valence electrons. The van der Waals surface area contributed by atoms with E-state index in [9.17, 15) is 4.79 Å². The summed E-state index contributed by atoms with van der Waals surface area (Å²) in [5.41, 5.74) is 2.55. The van der Waals surface area contributed by atoms with Crippen molar-refractivity contribution in [1.82, 2.24) is 5.32 Å². The van der Waals surface area contributed by atoms with Crippen molar-refractivity contribution >= 4 is 28.6 Å². The number of benzene rings is 1. The van der Waals surface area contributed by atoms with Crippen molar-refractivity contribution in [2.45, 2.75) is 44.1 Å². The Morgan fingerprint density at radius 2 is 2.04 bits per heavy atom. The van der Waals surface area contributed by atoms with E-state index in [1.54, 1.807) is 0 Å². The van der Waals surface area contributed by atoms with Crippen molar-refractivity contribution in [2.75, 3.05) is 5.32 Å². The molecule has 0 unspecified atom stereocenters. The third-order valence-electron chi connectivity index (χ3n) is 5.32. The molecule has 1 aromatic heterocycles. The van der Waals surface area contributed by atoms with Gasteiger partial charge in [0, 0.05) is 29.1 Å². The molecule has 1 aromatic carbocycles. The average molecular weight is 321 g/mol. The fourth-order valence-corrected chi connectivity index (χ4v) is 4.04. The van der Waals surface area contributed by atoms with Gasteiger partial charge in [-0.3, -0.25) is 10.1 Å². The summed E-state index contributed by atoms with van der Waals surface area (Å²) in [6.07, 6.45) is 5.55. The quantitative estimate of drug-likeness (QED) is 0.840. The first kappa shape index (κ1) is 13.8. The van der Waals surface area contributed by atoms with Crippen LogP contribution in [-0.4, -0.2) is 17.3 Å². The van der Waals surface area contributed by atoms with Crippen molar-refractivity contribution in [2.24, 2.45) is 4.99 Å². The van der Waals surface area contributed by atoms with Crippen LogP contribution in [0.4, 0.5) is 5.88 Å². The molecule has 0 radical (unpaired) electrons. The van der Waals surface area contributed by atoms with Gasteiger partial charge in [0.15, 0.2) is 5.78 Å². The zero-order valence-electron chi connectivity index (χ0n) is 13.4. The predicted octanol–water partition coefficient (Wildman–Crippen LogP) is 3.73. The van der Waals surface area contributed by atoms with Gasteiger partial charge >= 0.3 is 0 Å². The van der Waals surface area contributed by atoms with Crippen LogP contribution in [0, 0.1) is 0 Å². The number of nitrogens with zero attached hydrogens (tertiary/aromatic N) is 1. The highest BCUT2D eigenvalue weighted by Gasteiger charge is 2.48. The van der Waals surface area contributed by atoms with Gasteiger partial charge in [-0.25, -0.2) is 4.99 Å². The van der Waals surface area contributed by atoms with E-state index in [0.29, 0.717) is 18.3 Å². The van der Waals surface area contributed by atoms with Gasteiger partial charge in [0.05, 0.1) is 5.54 Å². The molecule has 1 fully saturated rings. The number of carbonyl (C=O) groups is 1. The minimum Gasteiger partial charge on any atom is -0.440 e. The van der Waals surface area contributed by atoms with Crippen LogP contribution < -0.4 is 10.6 Å². The van der Waals surface area contributed by atoms with Gasteiger partial charge < -0.3 is 9.73 Å². The Bertz CT molecular complexity index is 869. The Kier molecular flexibility index (Phi) is 2.86. The molecule has 1 spiro atoms. The lowest BCUT2D eigenvalue weighted by molar-refractivity contribution is -0.117. The molecule has 2 aliphatic carbocycles. The van der Waals surface area contributed by atoms with Crippen molar-refractivity contribution < 1.29 is 9.21 Å². The van der Waals surface area contributed by atoms with E-state index < -0.39 is 0 Å². The molecule has 5 rings (SSSR count). The maximum atomic E-state index is 12.4. The molecule has 2 heterocycles. The van der Waals surface area contributed by atoms with Gasteiger partial charge in [0.2, 0.25) is 11.8 Å². The lowest BCUT2D eigenvalue weighted by Crippen LogP contribution is -2.50. The smallest absolute Gasteiger partial charge is 0.203 e. The number of hydrogen-bond donors (Lipinski definition) is 2. The molecule has 1 aliphatic heterocycles. The first-order chi connectivity index (χ1) is 11.7. The third kappa shape index (κ3) is 2.00. The molecule has 1 saturated carbocycles.